The first-order valence-corrected chi connectivity index (χ1v) is 7.26. The molecule has 0 bridgehead atoms. The molecule has 110 valence electrons. The molecule has 1 amide bonds. The van der Waals surface area contributed by atoms with Gasteiger partial charge in [0.15, 0.2) is 0 Å². The summed E-state index contributed by atoms with van der Waals surface area (Å²) >= 11 is 0. The van der Waals surface area contributed by atoms with Gasteiger partial charge in [-0.1, -0.05) is 19.1 Å². The lowest BCUT2D eigenvalue weighted by atomic mass is 9.70. The van der Waals surface area contributed by atoms with E-state index in [0.29, 0.717) is 23.9 Å². The smallest absolute Gasteiger partial charge is 0.231 e. The number of methoxy groups -OCH3 is 1. The maximum absolute atomic E-state index is 12.6. The summed E-state index contributed by atoms with van der Waals surface area (Å²) in [6, 6.07) is 7.46. The molecule has 0 radical (unpaired) electrons. The van der Waals surface area contributed by atoms with Crippen molar-refractivity contribution in [1.29, 1.82) is 0 Å². The molecule has 0 atom stereocenters. The van der Waals surface area contributed by atoms with Gasteiger partial charge in [0.2, 0.25) is 5.91 Å². The molecule has 0 saturated heterocycles. The van der Waals surface area contributed by atoms with Crippen LogP contribution in [0.4, 0.5) is 5.69 Å². The quantitative estimate of drug-likeness (QED) is 0.888. The largest absolute Gasteiger partial charge is 0.495 e. The maximum atomic E-state index is 12.6. The molecule has 1 aliphatic rings. The highest BCUT2D eigenvalue weighted by Gasteiger charge is 2.40. The number of rotatable bonds is 4. The second-order valence-electron chi connectivity index (χ2n) is 5.82. The molecule has 0 aliphatic heterocycles. The minimum Gasteiger partial charge on any atom is -0.495 e. The third-order valence-corrected chi connectivity index (χ3v) is 4.46. The fourth-order valence-electron chi connectivity index (χ4n) is 2.84. The predicted molar refractivity (Wildman–Crippen MR) is 80.7 cm³/mol. The van der Waals surface area contributed by atoms with Gasteiger partial charge in [-0.2, -0.15) is 0 Å². The fraction of sp³-hybridized carbons (Fsp3) is 0.562. The number of amides is 1. The SMILES string of the molecule is COc1ccccc1NC(=O)C1(CN)CCC(C)CC1. The second kappa shape index (κ2) is 6.27. The van der Waals surface area contributed by atoms with E-state index in [1.54, 1.807) is 7.11 Å². The van der Waals surface area contributed by atoms with Gasteiger partial charge in [0.25, 0.3) is 0 Å². The molecule has 1 aliphatic carbocycles. The Labute approximate surface area is 120 Å². The van der Waals surface area contributed by atoms with Crippen molar-refractivity contribution in [2.24, 2.45) is 17.1 Å². The van der Waals surface area contributed by atoms with Crippen LogP contribution in [0.2, 0.25) is 0 Å². The molecular formula is C16H24N2O2. The number of benzene rings is 1. The number of nitrogens with one attached hydrogen (secondary N) is 1. The van der Waals surface area contributed by atoms with Gasteiger partial charge in [-0.25, -0.2) is 0 Å². The molecule has 1 aromatic carbocycles. The summed E-state index contributed by atoms with van der Waals surface area (Å²) in [6.45, 7) is 2.64. The average Bonchev–Trinajstić information content (AvgIpc) is 2.49. The first kappa shape index (κ1) is 14.9. The lowest BCUT2D eigenvalue weighted by Gasteiger charge is -2.37. The van der Waals surface area contributed by atoms with Crippen LogP contribution in [0.1, 0.15) is 32.6 Å². The van der Waals surface area contributed by atoms with Crippen LogP contribution in [0.25, 0.3) is 0 Å². The first-order valence-electron chi connectivity index (χ1n) is 7.26. The number of nitrogens with two attached hydrogens (primary N) is 1. The molecular weight excluding hydrogens is 252 g/mol. The summed E-state index contributed by atoms with van der Waals surface area (Å²) < 4.78 is 5.27. The molecule has 2 rings (SSSR count). The summed E-state index contributed by atoms with van der Waals surface area (Å²) in [7, 11) is 1.60. The zero-order valence-corrected chi connectivity index (χ0v) is 12.3. The van der Waals surface area contributed by atoms with E-state index in [0.717, 1.165) is 25.7 Å². The van der Waals surface area contributed by atoms with E-state index >= 15 is 0 Å². The van der Waals surface area contributed by atoms with Crippen LogP contribution in [0.3, 0.4) is 0 Å². The summed E-state index contributed by atoms with van der Waals surface area (Å²) in [5.41, 5.74) is 6.21. The van der Waals surface area contributed by atoms with E-state index in [-0.39, 0.29) is 5.91 Å². The number of hydrogen-bond donors (Lipinski definition) is 2. The van der Waals surface area contributed by atoms with Crippen LogP contribution in [-0.2, 0) is 4.79 Å². The third-order valence-electron chi connectivity index (χ3n) is 4.46. The number of hydrogen-bond acceptors (Lipinski definition) is 3. The van der Waals surface area contributed by atoms with Gasteiger partial charge in [0.05, 0.1) is 18.2 Å². The topological polar surface area (TPSA) is 64.3 Å². The van der Waals surface area contributed by atoms with Crippen molar-refractivity contribution >= 4 is 11.6 Å². The highest BCUT2D eigenvalue weighted by molar-refractivity contribution is 5.96. The van der Waals surface area contributed by atoms with Crippen molar-refractivity contribution < 1.29 is 9.53 Å². The van der Waals surface area contributed by atoms with Gasteiger partial charge in [0.1, 0.15) is 5.75 Å². The Bertz CT molecular complexity index is 465. The van der Waals surface area contributed by atoms with E-state index in [1.165, 1.54) is 0 Å². The van der Waals surface area contributed by atoms with Crippen LogP contribution in [0.5, 0.6) is 5.75 Å². The van der Waals surface area contributed by atoms with Gasteiger partial charge in [0, 0.05) is 6.54 Å². The van der Waals surface area contributed by atoms with E-state index in [1.807, 2.05) is 24.3 Å². The highest BCUT2D eigenvalue weighted by atomic mass is 16.5. The molecule has 1 saturated carbocycles. The molecule has 1 fully saturated rings. The van der Waals surface area contributed by atoms with Crippen LogP contribution in [-0.4, -0.2) is 19.6 Å². The lowest BCUT2D eigenvalue weighted by molar-refractivity contribution is -0.127. The second-order valence-corrected chi connectivity index (χ2v) is 5.82. The normalized spacial score (nSPS) is 26.1. The zero-order chi connectivity index (χ0) is 14.6. The Hall–Kier alpha value is -1.55. The molecule has 1 aromatic rings. The number of carbonyl (C=O) groups excluding carboxylic acids is 1. The number of para-hydroxylation sites is 2. The minimum absolute atomic E-state index is 0.0244. The molecule has 0 heterocycles. The van der Waals surface area contributed by atoms with Crippen molar-refractivity contribution in [3.63, 3.8) is 0 Å². The van der Waals surface area contributed by atoms with Gasteiger partial charge in [-0.15, -0.1) is 0 Å². The van der Waals surface area contributed by atoms with Crippen molar-refractivity contribution in [3.05, 3.63) is 24.3 Å². The molecule has 4 nitrogen and oxygen atoms in total. The Morgan fingerprint density at radius 3 is 2.65 bits per heavy atom. The lowest BCUT2D eigenvalue weighted by Crippen LogP contribution is -2.44. The standard InChI is InChI=1S/C16H24N2O2/c1-12-7-9-16(11-17,10-8-12)15(19)18-13-5-3-4-6-14(13)20-2/h3-6,12H,7-11,17H2,1-2H3,(H,18,19). The first-order chi connectivity index (χ1) is 9.61. The van der Waals surface area contributed by atoms with Gasteiger partial charge < -0.3 is 15.8 Å². The zero-order valence-electron chi connectivity index (χ0n) is 12.3. The summed E-state index contributed by atoms with van der Waals surface area (Å²) in [6.07, 6.45) is 3.87. The van der Waals surface area contributed by atoms with Crippen molar-refractivity contribution in [3.8, 4) is 5.75 Å². The predicted octanol–water partition coefficient (Wildman–Crippen LogP) is 2.79. The van der Waals surface area contributed by atoms with Crippen molar-refractivity contribution in [1.82, 2.24) is 0 Å². The van der Waals surface area contributed by atoms with E-state index < -0.39 is 5.41 Å². The number of anilines is 1. The van der Waals surface area contributed by atoms with Gasteiger partial charge in [-0.05, 0) is 43.7 Å². The average molecular weight is 276 g/mol. The number of carbonyl (C=O) groups is 1. The Kier molecular flexibility index (Phi) is 4.65. The summed E-state index contributed by atoms with van der Waals surface area (Å²) in [5, 5.41) is 2.99. The van der Waals surface area contributed by atoms with Gasteiger partial charge >= 0.3 is 0 Å². The molecule has 20 heavy (non-hydrogen) atoms. The maximum Gasteiger partial charge on any atom is 0.231 e. The molecule has 0 aromatic heterocycles. The molecule has 3 N–H and O–H groups in total. The monoisotopic (exact) mass is 276 g/mol. The van der Waals surface area contributed by atoms with E-state index in [4.69, 9.17) is 10.5 Å². The minimum atomic E-state index is -0.423. The molecule has 4 heteroatoms. The van der Waals surface area contributed by atoms with E-state index in [2.05, 4.69) is 12.2 Å². The van der Waals surface area contributed by atoms with Gasteiger partial charge in [-0.3, -0.25) is 4.79 Å². The Balaban J connectivity index is 2.13. The highest BCUT2D eigenvalue weighted by Crippen LogP contribution is 2.39. The van der Waals surface area contributed by atoms with Crippen LogP contribution >= 0.6 is 0 Å². The fourth-order valence-corrected chi connectivity index (χ4v) is 2.84. The van der Waals surface area contributed by atoms with Crippen LogP contribution < -0.4 is 15.8 Å². The Morgan fingerprint density at radius 1 is 1.40 bits per heavy atom. The summed E-state index contributed by atoms with van der Waals surface area (Å²) in [4.78, 5) is 12.6. The van der Waals surface area contributed by atoms with Crippen molar-refractivity contribution in [2.45, 2.75) is 32.6 Å². The van der Waals surface area contributed by atoms with E-state index in [9.17, 15) is 4.79 Å². The molecule has 0 unspecified atom stereocenters. The summed E-state index contributed by atoms with van der Waals surface area (Å²) in [5.74, 6) is 1.39. The van der Waals surface area contributed by atoms with Crippen LogP contribution in [0.15, 0.2) is 24.3 Å². The van der Waals surface area contributed by atoms with Crippen LogP contribution in [0, 0.1) is 11.3 Å². The molecule has 0 spiro atoms. The van der Waals surface area contributed by atoms with Crippen molar-refractivity contribution in [2.75, 3.05) is 19.0 Å². The number of ether oxygens (including phenoxy) is 1. The Morgan fingerprint density at radius 2 is 2.05 bits per heavy atom. The third kappa shape index (κ3) is 2.96.